The first-order chi connectivity index (χ1) is 7.78. The third kappa shape index (κ3) is 5.09. The highest BCUT2D eigenvalue weighted by molar-refractivity contribution is 6.30. The largest absolute Gasteiger partial charge is 0.444 e. The highest BCUT2D eigenvalue weighted by Crippen LogP contribution is 2.14. The van der Waals surface area contributed by atoms with E-state index in [-0.39, 0.29) is 6.09 Å². The minimum absolute atomic E-state index is 0.336. The van der Waals surface area contributed by atoms with Gasteiger partial charge in [-0.05, 0) is 38.5 Å². The molecular weight excluding hydrogens is 238 g/mol. The lowest BCUT2D eigenvalue weighted by molar-refractivity contribution is 0.0285. The van der Waals surface area contributed by atoms with E-state index in [1.165, 1.54) is 4.90 Å². The predicted molar refractivity (Wildman–Crippen MR) is 69.2 cm³/mol. The van der Waals surface area contributed by atoms with Crippen molar-refractivity contribution in [2.24, 2.45) is 0 Å². The van der Waals surface area contributed by atoms with Crippen molar-refractivity contribution < 1.29 is 9.53 Å². The van der Waals surface area contributed by atoms with Gasteiger partial charge in [-0.15, -0.1) is 0 Å². The van der Waals surface area contributed by atoms with Gasteiger partial charge < -0.3 is 9.64 Å². The topological polar surface area (TPSA) is 29.5 Å². The Kier molecular flexibility index (Phi) is 4.40. The van der Waals surface area contributed by atoms with Crippen LogP contribution in [0.5, 0.6) is 0 Å². The number of ether oxygens (including phenoxy) is 1. The van der Waals surface area contributed by atoms with Gasteiger partial charge in [-0.3, -0.25) is 0 Å². The Balaban J connectivity index is 2.60. The molecule has 0 aliphatic heterocycles. The number of halogens is 1. The van der Waals surface area contributed by atoms with Crippen molar-refractivity contribution >= 4 is 17.7 Å². The van der Waals surface area contributed by atoms with Gasteiger partial charge >= 0.3 is 6.09 Å². The van der Waals surface area contributed by atoms with Gasteiger partial charge in [0.05, 0.1) is 0 Å². The lowest BCUT2D eigenvalue weighted by atomic mass is 10.2. The fourth-order valence-electron chi connectivity index (χ4n) is 1.31. The maximum Gasteiger partial charge on any atom is 0.410 e. The molecule has 1 aromatic rings. The van der Waals surface area contributed by atoms with E-state index in [1.54, 1.807) is 13.1 Å². The number of amides is 1. The summed E-state index contributed by atoms with van der Waals surface area (Å²) in [5.41, 5.74) is 0.505. The summed E-state index contributed by atoms with van der Waals surface area (Å²) in [7, 11) is 1.70. The third-order valence-corrected chi connectivity index (χ3v) is 2.25. The number of carbonyl (C=O) groups is 1. The molecule has 0 unspecified atom stereocenters. The van der Waals surface area contributed by atoms with Crippen LogP contribution in [0.15, 0.2) is 24.3 Å². The zero-order chi connectivity index (χ0) is 13.1. The average Bonchev–Trinajstić information content (AvgIpc) is 2.14. The molecule has 0 saturated heterocycles. The molecule has 0 aliphatic rings. The van der Waals surface area contributed by atoms with Gasteiger partial charge in [-0.25, -0.2) is 4.79 Å². The maximum atomic E-state index is 11.7. The SMILES string of the molecule is CN(Cc1cccc(Cl)c1)C(=O)OC(C)(C)C. The number of nitrogens with zero attached hydrogens (tertiary/aromatic N) is 1. The van der Waals surface area contributed by atoms with E-state index < -0.39 is 5.60 Å². The molecule has 0 fully saturated rings. The number of carbonyl (C=O) groups excluding carboxylic acids is 1. The summed E-state index contributed by atoms with van der Waals surface area (Å²) in [6.07, 6.45) is -0.336. The number of benzene rings is 1. The van der Waals surface area contributed by atoms with Gasteiger partial charge in [0, 0.05) is 18.6 Å². The van der Waals surface area contributed by atoms with Gasteiger partial charge in [0.15, 0.2) is 0 Å². The minimum atomic E-state index is -0.473. The van der Waals surface area contributed by atoms with Crippen LogP contribution in [0.4, 0.5) is 4.79 Å². The first-order valence-electron chi connectivity index (χ1n) is 5.46. The number of rotatable bonds is 2. The van der Waals surface area contributed by atoms with Crippen LogP contribution in [0.1, 0.15) is 26.3 Å². The summed E-state index contributed by atoms with van der Waals surface area (Å²) in [6, 6.07) is 7.42. The Morgan fingerprint density at radius 3 is 2.59 bits per heavy atom. The van der Waals surface area contributed by atoms with Crippen molar-refractivity contribution in [3.05, 3.63) is 34.9 Å². The van der Waals surface area contributed by atoms with E-state index in [2.05, 4.69) is 0 Å². The second-order valence-corrected chi connectivity index (χ2v) is 5.40. The van der Waals surface area contributed by atoms with E-state index in [1.807, 2.05) is 39.0 Å². The standard InChI is InChI=1S/C13H18ClNO2/c1-13(2,3)17-12(16)15(4)9-10-6-5-7-11(14)8-10/h5-8H,9H2,1-4H3. The van der Waals surface area contributed by atoms with Crippen molar-refractivity contribution in [3.63, 3.8) is 0 Å². The molecule has 0 bridgehead atoms. The predicted octanol–water partition coefficient (Wildman–Crippen LogP) is 3.71. The molecule has 4 heteroatoms. The smallest absolute Gasteiger partial charge is 0.410 e. The zero-order valence-corrected chi connectivity index (χ0v) is 11.4. The second kappa shape index (κ2) is 5.41. The average molecular weight is 256 g/mol. The van der Waals surface area contributed by atoms with E-state index in [9.17, 15) is 4.79 Å². The van der Waals surface area contributed by atoms with Crippen LogP contribution in [0.3, 0.4) is 0 Å². The van der Waals surface area contributed by atoms with Crippen LogP contribution >= 0.6 is 11.6 Å². The first kappa shape index (κ1) is 13.8. The molecule has 0 aromatic heterocycles. The van der Waals surface area contributed by atoms with E-state index in [4.69, 9.17) is 16.3 Å². The first-order valence-corrected chi connectivity index (χ1v) is 5.84. The van der Waals surface area contributed by atoms with Crippen molar-refractivity contribution in [1.82, 2.24) is 4.90 Å². The van der Waals surface area contributed by atoms with Crippen molar-refractivity contribution in [1.29, 1.82) is 0 Å². The Labute approximate surface area is 107 Å². The van der Waals surface area contributed by atoms with Crippen molar-refractivity contribution in [2.75, 3.05) is 7.05 Å². The van der Waals surface area contributed by atoms with Gasteiger partial charge in [-0.1, -0.05) is 23.7 Å². The Morgan fingerprint density at radius 2 is 2.06 bits per heavy atom. The molecule has 0 spiro atoms. The van der Waals surface area contributed by atoms with Crippen LogP contribution in [0, 0.1) is 0 Å². The Morgan fingerprint density at radius 1 is 1.41 bits per heavy atom. The Bertz CT molecular complexity index is 399. The molecule has 0 saturated carbocycles. The van der Waals surface area contributed by atoms with Crippen LogP contribution in [-0.2, 0) is 11.3 Å². The zero-order valence-electron chi connectivity index (χ0n) is 10.7. The van der Waals surface area contributed by atoms with Gasteiger partial charge in [-0.2, -0.15) is 0 Å². The lowest BCUT2D eigenvalue weighted by Gasteiger charge is -2.24. The summed E-state index contributed by atoms with van der Waals surface area (Å²) in [5.74, 6) is 0. The molecular formula is C13H18ClNO2. The molecule has 0 aliphatic carbocycles. The third-order valence-electron chi connectivity index (χ3n) is 2.01. The van der Waals surface area contributed by atoms with Gasteiger partial charge in [0.2, 0.25) is 0 Å². The lowest BCUT2D eigenvalue weighted by Crippen LogP contribution is -2.33. The Hall–Kier alpha value is -1.22. The molecule has 1 rings (SSSR count). The van der Waals surface area contributed by atoms with Crippen LogP contribution in [0.25, 0.3) is 0 Å². The number of hydrogen-bond acceptors (Lipinski definition) is 2. The summed E-state index contributed by atoms with van der Waals surface area (Å²) < 4.78 is 5.26. The van der Waals surface area contributed by atoms with E-state index in [0.717, 1.165) is 5.56 Å². The molecule has 0 N–H and O–H groups in total. The van der Waals surface area contributed by atoms with Gasteiger partial charge in [0.25, 0.3) is 0 Å². The van der Waals surface area contributed by atoms with Crippen LogP contribution in [-0.4, -0.2) is 23.6 Å². The molecule has 1 amide bonds. The highest BCUT2D eigenvalue weighted by atomic mass is 35.5. The molecule has 3 nitrogen and oxygen atoms in total. The monoisotopic (exact) mass is 255 g/mol. The van der Waals surface area contributed by atoms with Crippen molar-refractivity contribution in [2.45, 2.75) is 32.9 Å². The van der Waals surface area contributed by atoms with E-state index in [0.29, 0.717) is 11.6 Å². The van der Waals surface area contributed by atoms with Crippen molar-refractivity contribution in [3.8, 4) is 0 Å². The quantitative estimate of drug-likeness (QED) is 0.806. The second-order valence-electron chi connectivity index (χ2n) is 4.97. The highest BCUT2D eigenvalue weighted by Gasteiger charge is 2.19. The molecule has 0 heterocycles. The summed E-state index contributed by atoms with van der Waals surface area (Å²) >= 11 is 5.88. The molecule has 0 atom stereocenters. The maximum absolute atomic E-state index is 11.7. The van der Waals surface area contributed by atoms with Crippen LogP contribution in [0.2, 0.25) is 5.02 Å². The van der Waals surface area contributed by atoms with Gasteiger partial charge in [0.1, 0.15) is 5.60 Å². The minimum Gasteiger partial charge on any atom is -0.444 e. The van der Waals surface area contributed by atoms with Crippen LogP contribution < -0.4 is 0 Å². The molecule has 0 radical (unpaired) electrons. The molecule has 94 valence electrons. The normalized spacial score (nSPS) is 11.1. The summed E-state index contributed by atoms with van der Waals surface area (Å²) in [5, 5.41) is 0.667. The summed E-state index contributed by atoms with van der Waals surface area (Å²) in [6.45, 7) is 6.02. The molecule has 1 aromatic carbocycles. The fourth-order valence-corrected chi connectivity index (χ4v) is 1.53. The fraction of sp³-hybridized carbons (Fsp3) is 0.462. The van der Waals surface area contributed by atoms with E-state index >= 15 is 0 Å². The number of hydrogen-bond donors (Lipinski definition) is 0. The molecule has 17 heavy (non-hydrogen) atoms. The summed E-state index contributed by atoms with van der Waals surface area (Å²) in [4.78, 5) is 13.2.